The topological polar surface area (TPSA) is 84.5 Å². The summed E-state index contributed by atoms with van der Waals surface area (Å²) in [7, 11) is 3.53. The van der Waals surface area contributed by atoms with Crippen LogP contribution in [0.2, 0.25) is 0 Å². The van der Waals surface area contributed by atoms with E-state index in [4.69, 9.17) is 9.47 Å². The number of methoxy groups -OCH3 is 1. The Kier molecular flexibility index (Phi) is 7.48. The second-order valence-electron chi connectivity index (χ2n) is 9.00. The molecule has 0 atom stereocenters. The van der Waals surface area contributed by atoms with E-state index in [1.807, 2.05) is 7.05 Å². The van der Waals surface area contributed by atoms with Crippen molar-refractivity contribution in [2.24, 2.45) is 0 Å². The summed E-state index contributed by atoms with van der Waals surface area (Å²) in [5, 5.41) is 0.442. The van der Waals surface area contributed by atoms with Gasteiger partial charge in [-0.1, -0.05) is 45.0 Å². The number of ether oxygens (including phenoxy) is 2. The molecule has 8 heteroatoms. The van der Waals surface area contributed by atoms with Gasteiger partial charge in [-0.25, -0.2) is 9.78 Å². The third-order valence-corrected chi connectivity index (χ3v) is 6.41. The molecule has 0 bridgehead atoms. The van der Waals surface area contributed by atoms with Crippen LogP contribution in [0.5, 0.6) is 0 Å². The number of H-pyrrole nitrogens is 1. The number of nitrogens with zero attached hydrogens (tertiary/aromatic N) is 2. The lowest BCUT2D eigenvalue weighted by Gasteiger charge is -2.20. The molecule has 1 aromatic carbocycles. The van der Waals surface area contributed by atoms with Gasteiger partial charge in [0, 0.05) is 13.7 Å². The fourth-order valence-corrected chi connectivity index (χ4v) is 4.57. The van der Waals surface area contributed by atoms with Crippen LogP contribution in [-0.2, 0) is 28.0 Å². The lowest BCUT2D eigenvalue weighted by Crippen LogP contribution is -2.22. The number of aryl methyl sites for hydroxylation is 1. The SMILES string of the molecule is COCCOC(=O)c1sc2nc(CN(C)Cc3ccc(C(C)(C)C)cc3)[nH]c(=O)c2c1C. The molecule has 3 aromatic rings. The first-order valence-corrected chi connectivity index (χ1v) is 11.4. The molecule has 2 heterocycles. The summed E-state index contributed by atoms with van der Waals surface area (Å²) in [5.74, 6) is 0.108. The van der Waals surface area contributed by atoms with Crippen LogP contribution in [0.15, 0.2) is 29.1 Å². The predicted octanol–water partition coefficient (Wildman–Crippen LogP) is 4.03. The summed E-state index contributed by atoms with van der Waals surface area (Å²) in [6, 6.07) is 8.61. The van der Waals surface area contributed by atoms with Crippen LogP contribution in [0, 0.1) is 6.92 Å². The number of rotatable bonds is 8. The van der Waals surface area contributed by atoms with E-state index >= 15 is 0 Å². The quantitative estimate of drug-likeness (QED) is 0.406. The first-order chi connectivity index (χ1) is 15.1. The zero-order valence-electron chi connectivity index (χ0n) is 19.6. The summed E-state index contributed by atoms with van der Waals surface area (Å²) in [6.07, 6.45) is 0. The molecule has 0 saturated heterocycles. The molecule has 0 saturated carbocycles. The average Bonchev–Trinajstić information content (AvgIpc) is 3.04. The Balaban J connectivity index is 1.75. The molecule has 0 radical (unpaired) electrons. The standard InChI is InChI=1S/C24H31N3O4S/c1-15-19-21(28)25-18(26-22(19)32-20(15)23(29)31-12-11-30-6)14-27(5)13-16-7-9-17(10-8-16)24(2,3)4/h7-10H,11-14H2,1-6H3,(H,25,26,28). The highest BCUT2D eigenvalue weighted by Crippen LogP contribution is 2.28. The number of esters is 1. The fraction of sp³-hybridized carbons (Fsp3) is 0.458. The third-order valence-electron chi connectivity index (χ3n) is 5.25. The normalized spacial score (nSPS) is 12.0. The van der Waals surface area contributed by atoms with Crippen LogP contribution in [0.1, 0.15) is 53.0 Å². The number of hydrogen-bond donors (Lipinski definition) is 1. The fourth-order valence-electron chi connectivity index (χ4n) is 3.47. The summed E-state index contributed by atoms with van der Waals surface area (Å²) in [5.41, 5.74) is 2.97. The molecule has 0 aliphatic heterocycles. The van der Waals surface area contributed by atoms with Gasteiger partial charge in [0.1, 0.15) is 22.1 Å². The summed E-state index contributed by atoms with van der Waals surface area (Å²) in [6.45, 7) is 10.0. The zero-order valence-corrected chi connectivity index (χ0v) is 20.4. The number of benzene rings is 1. The van der Waals surface area contributed by atoms with E-state index in [-0.39, 0.29) is 17.6 Å². The van der Waals surface area contributed by atoms with Crippen molar-refractivity contribution in [3.8, 4) is 0 Å². The monoisotopic (exact) mass is 457 g/mol. The Morgan fingerprint density at radius 3 is 2.47 bits per heavy atom. The van der Waals surface area contributed by atoms with Crippen LogP contribution in [-0.4, -0.2) is 48.2 Å². The molecule has 2 aromatic heterocycles. The zero-order chi connectivity index (χ0) is 23.5. The van der Waals surface area contributed by atoms with E-state index in [9.17, 15) is 9.59 Å². The van der Waals surface area contributed by atoms with Gasteiger partial charge in [0.15, 0.2) is 0 Å². The third kappa shape index (κ3) is 5.62. The maximum absolute atomic E-state index is 12.7. The molecule has 0 amide bonds. The van der Waals surface area contributed by atoms with Gasteiger partial charge in [0.25, 0.3) is 5.56 Å². The van der Waals surface area contributed by atoms with Crippen LogP contribution < -0.4 is 5.56 Å². The van der Waals surface area contributed by atoms with E-state index in [0.29, 0.717) is 39.6 Å². The molecule has 0 unspecified atom stereocenters. The van der Waals surface area contributed by atoms with Crippen molar-refractivity contribution in [3.63, 3.8) is 0 Å². The first-order valence-electron chi connectivity index (χ1n) is 10.6. The van der Waals surface area contributed by atoms with Gasteiger partial charge < -0.3 is 14.5 Å². The van der Waals surface area contributed by atoms with E-state index < -0.39 is 5.97 Å². The minimum absolute atomic E-state index is 0.122. The van der Waals surface area contributed by atoms with Gasteiger partial charge >= 0.3 is 5.97 Å². The number of fused-ring (bicyclic) bond motifs is 1. The number of aromatic nitrogens is 2. The lowest BCUT2D eigenvalue weighted by molar-refractivity contribution is 0.0393. The molecule has 1 N–H and O–H groups in total. The predicted molar refractivity (Wildman–Crippen MR) is 127 cm³/mol. The van der Waals surface area contributed by atoms with Crippen LogP contribution in [0.3, 0.4) is 0 Å². The summed E-state index contributed by atoms with van der Waals surface area (Å²) < 4.78 is 10.1. The smallest absolute Gasteiger partial charge is 0.348 e. The lowest BCUT2D eigenvalue weighted by atomic mass is 9.87. The Labute approximate surface area is 192 Å². The van der Waals surface area contributed by atoms with E-state index in [1.165, 1.54) is 22.5 Å². The van der Waals surface area contributed by atoms with Crippen molar-refractivity contribution in [1.82, 2.24) is 14.9 Å². The molecule has 172 valence electrons. The maximum atomic E-state index is 12.7. The van der Waals surface area contributed by atoms with Crippen molar-refractivity contribution in [3.05, 3.63) is 62.0 Å². The van der Waals surface area contributed by atoms with Crippen molar-refractivity contribution >= 4 is 27.5 Å². The molecular formula is C24H31N3O4S. The highest BCUT2D eigenvalue weighted by atomic mass is 32.1. The number of carbonyl (C=O) groups excluding carboxylic acids is 1. The molecule has 0 aliphatic rings. The van der Waals surface area contributed by atoms with Gasteiger partial charge in [0.2, 0.25) is 0 Å². The van der Waals surface area contributed by atoms with Gasteiger partial charge in [0.05, 0.1) is 18.5 Å². The van der Waals surface area contributed by atoms with Gasteiger partial charge in [-0.05, 0) is 36.1 Å². The minimum Gasteiger partial charge on any atom is -0.459 e. The Morgan fingerprint density at radius 2 is 1.84 bits per heavy atom. The summed E-state index contributed by atoms with van der Waals surface area (Å²) in [4.78, 5) is 35.6. The van der Waals surface area contributed by atoms with Gasteiger partial charge in [-0.2, -0.15) is 0 Å². The number of carbonyl (C=O) groups is 1. The Bertz CT molecular complexity index is 1140. The van der Waals surface area contributed by atoms with Crippen LogP contribution in [0.4, 0.5) is 0 Å². The van der Waals surface area contributed by atoms with Crippen LogP contribution in [0.25, 0.3) is 10.2 Å². The first kappa shape index (κ1) is 24.1. The Morgan fingerprint density at radius 1 is 1.16 bits per heavy atom. The maximum Gasteiger partial charge on any atom is 0.348 e. The minimum atomic E-state index is -0.459. The second-order valence-corrected chi connectivity index (χ2v) is 10.00. The van der Waals surface area contributed by atoms with Gasteiger partial charge in [-0.3, -0.25) is 9.69 Å². The van der Waals surface area contributed by atoms with E-state index in [2.05, 4.69) is 59.9 Å². The molecular weight excluding hydrogens is 426 g/mol. The largest absolute Gasteiger partial charge is 0.459 e. The summed E-state index contributed by atoms with van der Waals surface area (Å²) >= 11 is 1.19. The molecule has 0 aliphatic carbocycles. The number of nitrogens with one attached hydrogen (secondary N) is 1. The van der Waals surface area contributed by atoms with Gasteiger partial charge in [-0.15, -0.1) is 11.3 Å². The van der Waals surface area contributed by atoms with Crippen LogP contribution >= 0.6 is 11.3 Å². The second kappa shape index (κ2) is 9.94. The van der Waals surface area contributed by atoms with E-state index in [0.717, 1.165) is 6.54 Å². The molecule has 3 rings (SSSR count). The van der Waals surface area contributed by atoms with Crippen molar-refractivity contribution in [2.75, 3.05) is 27.4 Å². The number of thiophene rings is 1. The number of aromatic amines is 1. The molecule has 7 nitrogen and oxygen atoms in total. The highest BCUT2D eigenvalue weighted by Gasteiger charge is 2.21. The highest BCUT2D eigenvalue weighted by molar-refractivity contribution is 7.20. The molecule has 32 heavy (non-hydrogen) atoms. The van der Waals surface area contributed by atoms with E-state index in [1.54, 1.807) is 14.0 Å². The van der Waals surface area contributed by atoms with Crippen molar-refractivity contribution in [2.45, 2.75) is 46.2 Å². The number of hydrogen-bond acceptors (Lipinski definition) is 7. The van der Waals surface area contributed by atoms with Crippen molar-refractivity contribution < 1.29 is 14.3 Å². The average molecular weight is 458 g/mol. The Hall–Kier alpha value is -2.55. The molecule has 0 fully saturated rings. The van der Waals surface area contributed by atoms with Crippen molar-refractivity contribution in [1.29, 1.82) is 0 Å². The molecule has 0 spiro atoms.